The van der Waals surface area contributed by atoms with Crippen molar-refractivity contribution in [2.24, 2.45) is 0 Å². The normalized spacial score (nSPS) is 11.5. The summed E-state index contributed by atoms with van der Waals surface area (Å²) in [6.45, 7) is 1.86. The Hall–Kier alpha value is -1.47. The lowest BCUT2D eigenvalue weighted by molar-refractivity contribution is 0.571. The van der Waals surface area contributed by atoms with Gasteiger partial charge in [-0.05, 0) is 25.1 Å². The Kier molecular flexibility index (Phi) is 3.36. The average Bonchev–Trinajstić information content (AvgIpc) is 2.62. The maximum Gasteiger partial charge on any atom is 0.187 e. The van der Waals surface area contributed by atoms with E-state index in [-0.39, 0.29) is 4.90 Å². The smallest absolute Gasteiger partial charge is 0.187 e. The van der Waals surface area contributed by atoms with Gasteiger partial charge in [0.1, 0.15) is 10.7 Å². The predicted molar refractivity (Wildman–Crippen MR) is 69.6 cm³/mol. The summed E-state index contributed by atoms with van der Waals surface area (Å²) in [6.07, 6.45) is 0.975. The fourth-order valence-corrected chi connectivity index (χ4v) is 2.85. The second-order valence-electron chi connectivity index (χ2n) is 3.84. The van der Waals surface area contributed by atoms with E-state index in [2.05, 4.69) is 10.3 Å². The minimum Gasteiger partial charge on any atom is -0.331 e. The number of nitrogens with zero attached hydrogens (tertiary/aromatic N) is 1. The van der Waals surface area contributed by atoms with Gasteiger partial charge in [0.25, 0.3) is 0 Å². The fourth-order valence-electron chi connectivity index (χ4n) is 1.41. The van der Waals surface area contributed by atoms with Crippen molar-refractivity contribution in [1.29, 1.82) is 0 Å². The topological polar surface area (TPSA) is 59.1 Å². The van der Waals surface area contributed by atoms with Crippen LogP contribution in [0.25, 0.3) is 0 Å². The van der Waals surface area contributed by atoms with Crippen molar-refractivity contribution in [3.05, 3.63) is 35.1 Å². The molecule has 0 amide bonds. The third-order valence-corrected chi connectivity index (χ3v) is 4.21. The van der Waals surface area contributed by atoms with Gasteiger partial charge in [0, 0.05) is 17.3 Å². The molecule has 0 saturated carbocycles. The van der Waals surface area contributed by atoms with Crippen molar-refractivity contribution in [1.82, 2.24) is 4.98 Å². The van der Waals surface area contributed by atoms with Crippen molar-refractivity contribution in [3.8, 4) is 0 Å². The maximum atomic E-state index is 13.6. The molecule has 96 valence electrons. The van der Waals surface area contributed by atoms with E-state index < -0.39 is 15.7 Å². The van der Waals surface area contributed by atoms with Crippen LogP contribution in [0.5, 0.6) is 0 Å². The molecule has 0 unspecified atom stereocenters. The van der Waals surface area contributed by atoms with Crippen molar-refractivity contribution in [2.45, 2.75) is 11.8 Å². The Morgan fingerprint density at radius 1 is 1.39 bits per heavy atom. The van der Waals surface area contributed by atoms with Gasteiger partial charge in [-0.15, -0.1) is 11.3 Å². The number of thiazole rings is 1. The molecule has 0 bridgehead atoms. The zero-order chi connectivity index (χ0) is 13.3. The van der Waals surface area contributed by atoms with Gasteiger partial charge in [0.2, 0.25) is 0 Å². The molecule has 0 aliphatic carbocycles. The first-order chi connectivity index (χ1) is 8.36. The van der Waals surface area contributed by atoms with Gasteiger partial charge >= 0.3 is 0 Å². The molecule has 0 spiro atoms. The van der Waals surface area contributed by atoms with E-state index in [4.69, 9.17) is 0 Å². The van der Waals surface area contributed by atoms with Gasteiger partial charge in [0.05, 0.1) is 5.69 Å². The quantitative estimate of drug-likeness (QED) is 0.942. The number of halogens is 1. The SMILES string of the molecule is Cc1csc(Nc2ccc(S(C)(=O)=O)c(F)c2)n1. The van der Waals surface area contributed by atoms with Crippen LogP contribution in [0.3, 0.4) is 0 Å². The Morgan fingerprint density at radius 3 is 2.61 bits per heavy atom. The highest BCUT2D eigenvalue weighted by Crippen LogP contribution is 2.23. The van der Waals surface area contributed by atoms with Crippen LogP contribution in [0.1, 0.15) is 5.69 Å². The molecule has 7 heteroatoms. The fraction of sp³-hybridized carbons (Fsp3) is 0.182. The summed E-state index contributed by atoms with van der Waals surface area (Å²) >= 11 is 1.40. The zero-order valence-electron chi connectivity index (χ0n) is 9.77. The first-order valence-corrected chi connectivity index (χ1v) is 7.82. The number of benzene rings is 1. The molecule has 2 rings (SSSR count). The Balaban J connectivity index is 2.30. The summed E-state index contributed by atoms with van der Waals surface area (Å²) in [4.78, 5) is 3.87. The van der Waals surface area contributed by atoms with Crippen LogP contribution in [-0.4, -0.2) is 19.7 Å². The first kappa shape index (κ1) is 13.0. The monoisotopic (exact) mass is 286 g/mol. The number of rotatable bonds is 3. The minimum absolute atomic E-state index is 0.302. The lowest BCUT2D eigenvalue weighted by Crippen LogP contribution is -2.01. The van der Waals surface area contributed by atoms with E-state index >= 15 is 0 Å². The van der Waals surface area contributed by atoms with Gasteiger partial charge < -0.3 is 5.32 Å². The average molecular weight is 286 g/mol. The van der Waals surface area contributed by atoms with Crippen molar-refractivity contribution in [3.63, 3.8) is 0 Å². The van der Waals surface area contributed by atoms with Gasteiger partial charge in [0.15, 0.2) is 15.0 Å². The molecule has 1 N–H and O–H groups in total. The van der Waals surface area contributed by atoms with Crippen molar-refractivity contribution in [2.75, 3.05) is 11.6 Å². The minimum atomic E-state index is -3.53. The second kappa shape index (κ2) is 4.66. The Bertz CT molecular complexity index is 680. The maximum absolute atomic E-state index is 13.6. The summed E-state index contributed by atoms with van der Waals surface area (Å²) in [6, 6.07) is 3.90. The van der Waals surface area contributed by atoms with Crippen molar-refractivity contribution < 1.29 is 12.8 Å². The Labute approximate surface area is 108 Å². The highest BCUT2D eigenvalue weighted by molar-refractivity contribution is 7.90. The van der Waals surface area contributed by atoms with E-state index in [1.807, 2.05) is 12.3 Å². The van der Waals surface area contributed by atoms with Crippen LogP contribution in [0.15, 0.2) is 28.5 Å². The van der Waals surface area contributed by atoms with Crippen LogP contribution in [0.2, 0.25) is 0 Å². The van der Waals surface area contributed by atoms with E-state index in [1.54, 1.807) is 0 Å². The van der Waals surface area contributed by atoms with E-state index in [1.165, 1.54) is 23.5 Å². The number of anilines is 2. The molecule has 0 aliphatic heterocycles. The molecule has 0 atom stereocenters. The van der Waals surface area contributed by atoms with Crippen LogP contribution < -0.4 is 5.32 Å². The molecule has 18 heavy (non-hydrogen) atoms. The number of nitrogens with one attached hydrogen (secondary N) is 1. The first-order valence-electron chi connectivity index (χ1n) is 5.05. The molecule has 4 nitrogen and oxygen atoms in total. The molecular weight excluding hydrogens is 275 g/mol. The standard InChI is InChI=1S/C11H11FN2O2S2/c1-7-6-17-11(13-7)14-8-3-4-10(9(12)5-8)18(2,15)16/h3-6H,1-2H3,(H,13,14). The van der Waals surface area contributed by atoms with Gasteiger partial charge in [-0.3, -0.25) is 0 Å². The predicted octanol–water partition coefficient (Wildman–Crippen LogP) is 2.74. The number of hydrogen-bond donors (Lipinski definition) is 1. The van der Waals surface area contributed by atoms with Crippen molar-refractivity contribution >= 4 is 32.0 Å². The summed E-state index contributed by atoms with van der Waals surface area (Å²) in [7, 11) is -3.53. The molecule has 0 radical (unpaired) electrons. The molecule has 0 fully saturated rings. The molecular formula is C11H11FN2O2S2. The largest absolute Gasteiger partial charge is 0.331 e. The van der Waals surface area contributed by atoms with Crippen LogP contribution in [0, 0.1) is 12.7 Å². The number of aromatic nitrogens is 1. The summed E-state index contributed by atoms with van der Waals surface area (Å²) in [5.41, 5.74) is 1.34. The van der Waals surface area contributed by atoms with E-state index in [9.17, 15) is 12.8 Å². The van der Waals surface area contributed by atoms with Gasteiger partial charge in [-0.1, -0.05) is 0 Å². The van der Waals surface area contributed by atoms with Crippen LogP contribution in [0.4, 0.5) is 15.2 Å². The van der Waals surface area contributed by atoms with E-state index in [0.717, 1.165) is 18.0 Å². The molecule has 0 saturated heterocycles. The zero-order valence-corrected chi connectivity index (χ0v) is 11.4. The highest BCUT2D eigenvalue weighted by atomic mass is 32.2. The highest BCUT2D eigenvalue weighted by Gasteiger charge is 2.14. The second-order valence-corrected chi connectivity index (χ2v) is 6.68. The molecule has 2 aromatic rings. The lowest BCUT2D eigenvalue weighted by Gasteiger charge is -2.05. The number of aryl methyl sites for hydroxylation is 1. The number of hydrogen-bond acceptors (Lipinski definition) is 5. The van der Waals surface area contributed by atoms with Crippen LogP contribution in [-0.2, 0) is 9.84 Å². The van der Waals surface area contributed by atoms with Gasteiger partial charge in [-0.2, -0.15) is 0 Å². The molecule has 0 aliphatic rings. The summed E-state index contributed by atoms with van der Waals surface area (Å²) in [5, 5.41) is 5.42. The Morgan fingerprint density at radius 2 is 2.11 bits per heavy atom. The molecule has 1 heterocycles. The number of sulfone groups is 1. The molecule has 1 aromatic heterocycles. The third kappa shape index (κ3) is 2.85. The molecule has 1 aromatic carbocycles. The third-order valence-electron chi connectivity index (χ3n) is 2.20. The summed E-state index contributed by atoms with van der Waals surface area (Å²) < 4.78 is 36.1. The van der Waals surface area contributed by atoms with Crippen LogP contribution >= 0.6 is 11.3 Å². The van der Waals surface area contributed by atoms with E-state index in [0.29, 0.717) is 10.8 Å². The lowest BCUT2D eigenvalue weighted by atomic mass is 10.3. The van der Waals surface area contributed by atoms with Gasteiger partial charge in [-0.25, -0.2) is 17.8 Å². The summed E-state index contributed by atoms with van der Waals surface area (Å²) in [5.74, 6) is -0.768.